The van der Waals surface area contributed by atoms with E-state index in [0.29, 0.717) is 0 Å². The zero-order valence-corrected chi connectivity index (χ0v) is 12.8. The Morgan fingerprint density at radius 1 is 1.25 bits per heavy atom. The molecule has 0 spiro atoms. The van der Waals surface area contributed by atoms with Crippen molar-refractivity contribution in [2.24, 2.45) is 11.7 Å². The van der Waals surface area contributed by atoms with Crippen molar-refractivity contribution >= 4 is 11.6 Å². The van der Waals surface area contributed by atoms with Crippen molar-refractivity contribution in [3.63, 3.8) is 0 Å². The van der Waals surface area contributed by atoms with Crippen LogP contribution in [0.4, 0.5) is 0 Å². The molecule has 1 heterocycles. The van der Waals surface area contributed by atoms with Crippen molar-refractivity contribution in [1.82, 2.24) is 0 Å². The maximum Gasteiger partial charge on any atom is 0.127 e. The maximum absolute atomic E-state index is 6.42. The number of nitrogens with two attached hydrogens (primary N) is 1. The summed E-state index contributed by atoms with van der Waals surface area (Å²) in [4.78, 5) is 0. The molecule has 1 aliphatic heterocycles. The van der Waals surface area contributed by atoms with Crippen LogP contribution >= 0.6 is 11.6 Å². The Balaban J connectivity index is 1.66. The molecule has 2 nitrogen and oxygen atoms in total. The lowest BCUT2D eigenvalue weighted by Gasteiger charge is -2.23. The average Bonchev–Trinajstić information content (AvgIpc) is 2.93. The second-order valence-electron chi connectivity index (χ2n) is 6.27. The van der Waals surface area contributed by atoms with Crippen LogP contribution in [0.25, 0.3) is 0 Å². The molecule has 1 aliphatic carbocycles. The van der Waals surface area contributed by atoms with Gasteiger partial charge in [0, 0.05) is 23.0 Å². The van der Waals surface area contributed by atoms with E-state index in [-0.39, 0.29) is 6.04 Å². The molecule has 110 valence electrons. The van der Waals surface area contributed by atoms with Gasteiger partial charge in [0.2, 0.25) is 0 Å². The Bertz CT molecular complexity index is 468. The summed E-state index contributed by atoms with van der Waals surface area (Å²) in [6.45, 7) is 0.762. The van der Waals surface area contributed by atoms with Crippen LogP contribution < -0.4 is 10.5 Å². The van der Waals surface area contributed by atoms with Crippen molar-refractivity contribution in [2.75, 3.05) is 6.61 Å². The summed E-state index contributed by atoms with van der Waals surface area (Å²) < 4.78 is 5.76. The zero-order chi connectivity index (χ0) is 13.9. The predicted octanol–water partition coefficient (Wildman–Crippen LogP) is 4.64. The van der Waals surface area contributed by atoms with E-state index in [1.54, 1.807) is 0 Å². The fourth-order valence-electron chi connectivity index (χ4n) is 3.62. The Morgan fingerprint density at radius 2 is 2.05 bits per heavy atom. The Labute approximate surface area is 126 Å². The summed E-state index contributed by atoms with van der Waals surface area (Å²) in [7, 11) is 0. The monoisotopic (exact) mass is 293 g/mol. The van der Waals surface area contributed by atoms with Crippen LogP contribution in [0.3, 0.4) is 0 Å². The first kappa shape index (κ1) is 14.2. The molecule has 0 saturated heterocycles. The minimum atomic E-state index is 0.0578. The molecule has 20 heavy (non-hydrogen) atoms. The quantitative estimate of drug-likeness (QED) is 0.878. The van der Waals surface area contributed by atoms with Gasteiger partial charge in [0.05, 0.1) is 6.61 Å². The van der Waals surface area contributed by atoms with Crippen LogP contribution in [0.15, 0.2) is 12.1 Å². The van der Waals surface area contributed by atoms with E-state index in [4.69, 9.17) is 22.1 Å². The molecule has 0 radical (unpaired) electrons. The molecular weight excluding hydrogens is 270 g/mol. The molecule has 0 amide bonds. The first-order chi connectivity index (χ1) is 9.74. The highest BCUT2D eigenvalue weighted by molar-refractivity contribution is 6.30. The van der Waals surface area contributed by atoms with Gasteiger partial charge in [0.25, 0.3) is 0 Å². The van der Waals surface area contributed by atoms with Crippen LogP contribution in [-0.2, 0) is 6.42 Å². The Kier molecular flexibility index (Phi) is 4.52. The normalized spacial score (nSPS) is 20.5. The van der Waals surface area contributed by atoms with E-state index < -0.39 is 0 Å². The van der Waals surface area contributed by atoms with Crippen molar-refractivity contribution in [3.8, 4) is 5.75 Å². The van der Waals surface area contributed by atoms with E-state index in [2.05, 4.69) is 0 Å². The second-order valence-corrected chi connectivity index (χ2v) is 6.71. The molecule has 3 rings (SSSR count). The second kappa shape index (κ2) is 6.36. The first-order valence-electron chi connectivity index (χ1n) is 7.95. The fourth-order valence-corrected chi connectivity index (χ4v) is 3.87. The number of hydrogen-bond donors (Lipinski definition) is 1. The molecule has 1 atom stereocenters. The number of fused-ring (bicyclic) bond motifs is 1. The molecule has 1 aromatic carbocycles. The van der Waals surface area contributed by atoms with Gasteiger partial charge < -0.3 is 10.5 Å². The van der Waals surface area contributed by atoms with Gasteiger partial charge >= 0.3 is 0 Å². The Hall–Kier alpha value is -0.730. The summed E-state index contributed by atoms with van der Waals surface area (Å²) >= 11 is 6.21. The molecular formula is C17H24ClNO. The average molecular weight is 294 g/mol. The number of hydrogen-bond acceptors (Lipinski definition) is 2. The highest BCUT2D eigenvalue weighted by Gasteiger charge is 2.22. The lowest BCUT2D eigenvalue weighted by molar-refractivity contribution is 0.319. The van der Waals surface area contributed by atoms with Crippen molar-refractivity contribution < 1.29 is 4.74 Å². The van der Waals surface area contributed by atoms with Gasteiger partial charge in [-0.25, -0.2) is 0 Å². The third-order valence-corrected chi connectivity index (χ3v) is 5.01. The van der Waals surface area contributed by atoms with Gasteiger partial charge in [-0.1, -0.05) is 43.7 Å². The van der Waals surface area contributed by atoms with E-state index in [0.717, 1.165) is 41.7 Å². The van der Waals surface area contributed by atoms with Crippen molar-refractivity contribution in [1.29, 1.82) is 0 Å². The molecule has 1 unspecified atom stereocenters. The summed E-state index contributed by atoms with van der Waals surface area (Å²) in [5, 5.41) is 0.789. The maximum atomic E-state index is 6.42. The summed E-state index contributed by atoms with van der Waals surface area (Å²) in [6.07, 6.45) is 10.2. The van der Waals surface area contributed by atoms with Crippen LogP contribution in [-0.4, -0.2) is 6.61 Å². The molecule has 2 aliphatic rings. The van der Waals surface area contributed by atoms with E-state index in [1.807, 2.05) is 12.1 Å². The van der Waals surface area contributed by atoms with Gasteiger partial charge in [0.15, 0.2) is 0 Å². The number of rotatable bonds is 4. The molecule has 2 N–H and O–H groups in total. The third kappa shape index (κ3) is 3.12. The summed E-state index contributed by atoms with van der Waals surface area (Å²) in [5.41, 5.74) is 8.75. The van der Waals surface area contributed by atoms with Gasteiger partial charge in [-0.05, 0) is 36.5 Å². The van der Waals surface area contributed by atoms with E-state index in [1.165, 1.54) is 44.1 Å². The van der Waals surface area contributed by atoms with Crippen LogP contribution in [0.1, 0.15) is 62.1 Å². The van der Waals surface area contributed by atoms with Gasteiger partial charge in [0.1, 0.15) is 5.75 Å². The minimum Gasteiger partial charge on any atom is -0.493 e. The van der Waals surface area contributed by atoms with Crippen LogP contribution in [0, 0.1) is 5.92 Å². The lowest BCUT2D eigenvalue weighted by Crippen LogP contribution is -2.15. The van der Waals surface area contributed by atoms with Gasteiger partial charge in [-0.15, -0.1) is 0 Å². The van der Waals surface area contributed by atoms with Gasteiger partial charge in [-0.3, -0.25) is 0 Å². The molecule has 1 saturated carbocycles. The van der Waals surface area contributed by atoms with Gasteiger partial charge in [-0.2, -0.15) is 0 Å². The fraction of sp³-hybridized carbons (Fsp3) is 0.647. The van der Waals surface area contributed by atoms with E-state index >= 15 is 0 Å². The predicted molar refractivity (Wildman–Crippen MR) is 83.4 cm³/mol. The number of benzene rings is 1. The molecule has 1 fully saturated rings. The molecule has 0 bridgehead atoms. The topological polar surface area (TPSA) is 35.2 Å². The molecule has 3 heteroatoms. The first-order valence-corrected chi connectivity index (χ1v) is 8.32. The minimum absolute atomic E-state index is 0.0578. The van der Waals surface area contributed by atoms with Crippen LogP contribution in [0.2, 0.25) is 5.02 Å². The molecule has 1 aromatic rings. The summed E-state index contributed by atoms with van der Waals surface area (Å²) in [6, 6.07) is 4.07. The van der Waals surface area contributed by atoms with Crippen molar-refractivity contribution in [3.05, 3.63) is 28.3 Å². The largest absolute Gasteiger partial charge is 0.493 e. The zero-order valence-electron chi connectivity index (χ0n) is 12.0. The van der Waals surface area contributed by atoms with Crippen molar-refractivity contribution in [2.45, 2.75) is 57.4 Å². The lowest BCUT2D eigenvalue weighted by atomic mass is 9.84. The standard InChI is InChI=1S/C17H24ClNO/c18-14-10-13-8-9-20-17(13)15(11-14)16(19)7-6-12-4-2-1-3-5-12/h10-12,16H,1-9,19H2. The molecule has 0 aromatic heterocycles. The third-order valence-electron chi connectivity index (χ3n) is 4.79. The highest BCUT2D eigenvalue weighted by atomic mass is 35.5. The van der Waals surface area contributed by atoms with E-state index in [9.17, 15) is 0 Å². The number of halogens is 1. The number of ether oxygens (including phenoxy) is 1. The smallest absolute Gasteiger partial charge is 0.127 e. The SMILES string of the molecule is NC(CCC1CCCCC1)c1cc(Cl)cc2c1OCC2. The summed E-state index contributed by atoms with van der Waals surface area (Å²) in [5.74, 6) is 1.88. The van der Waals surface area contributed by atoms with Crippen LogP contribution in [0.5, 0.6) is 5.75 Å². The highest BCUT2D eigenvalue weighted by Crippen LogP contribution is 2.38. The Morgan fingerprint density at radius 3 is 2.85 bits per heavy atom.